The molecule has 2 heterocycles. The van der Waals surface area contributed by atoms with E-state index in [9.17, 15) is 32.4 Å². The third kappa shape index (κ3) is 11.2. The van der Waals surface area contributed by atoms with Gasteiger partial charge in [-0.25, -0.2) is 18.1 Å². The van der Waals surface area contributed by atoms with Crippen molar-refractivity contribution in [2.75, 3.05) is 33.8 Å². The molecule has 18 heteroatoms. The van der Waals surface area contributed by atoms with Gasteiger partial charge in [0.25, 0.3) is 15.9 Å². The summed E-state index contributed by atoms with van der Waals surface area (Å²) in [6.07, 6.45) is 7.28. The largest absolute Gasteiger partial charge is 0.497 e. The number of likely N-dealkylation sites (tertiary alicyclic amines) is 1. The van der Waals surface area contributed by atoms with Crippen molar-refractivity contribution in [2.24, 2.45) is 5.92 Å². The fourth-order valence-electron chi connectivity index (χ4n) is 7.71. The quantitative estimate of drug-likeness (QED) is 0.0284. The number of rotatable bonds is 20. The molecule has 6 rings (SSSR count). The van der Waals surface area contributed by atoms with Crippen LogP contribution in [0, 0.1) is 23.7 Å². The van der Waals surface area contributed by atoms with Crippen molar-refractivity contribution in [3.63, 3.8) is 0 Å². The Kier molecular flexibility index (Phi) is 15.2. The number of pyridine rings is 1. The Morgan fingerprint density at radius 3 is 2.41 bits per heavy atom. The summed E-state index contributed by atoms with van der Waals surface area (Å²) in [6, 6.07) is 21.2. The molecule has 66 heavy (non-hydrogen) atoms. The van der Waals surface area contributed by atoms with Gasteiger partial charge in [0.2, 0.25) is 23.6 Å². The van der Waals surface area contributed by atoms with E-state index in [2.05, 4.69) is 39.8 Å². The number of sulfonamides is 1. The van der Waals surface area contributed by atoms with Gasteiger partial charge < -0.3 is 35.2 Å². The smallest absolute Gasteiger partial charge is 0.264 e. The van der Waals surface area contributed by atoms with Crippen molar-refractivity contribution in [3.8, 4) is 35.1 Å². The van der Waals surface area contributed by atoms with E-state index < -0.39 is 63.3 Å². The number of nitrogens with zero attached hydrogens (tertiary/aromatic N) is 3. The fraction of sp³-hybridized carbons (Fsp3) is 0.312. The van der Waals surface area contributed by atoms with E-state index in [1.165, 1.54) is 40.1 Å². The van der Waals surface area contributed by atoms with Crippen molar-refractivity contribution in [1.82, 2.24) is 35.5 Å². The number of hydrogen-bond donors (Lipinski definition) is 5. The molecule has 0 unspecified atom stereocenters. The summed E-state index contributed by atoms with van der Waals surface area (Å²) >= 11 is 0. The molecule has 1 aromatic heterocycles. The van der Waals surface area contributed by atoms with Gasteiger partial charge in [-0.3, -0.25) is 29.4 Å². The number of carbonyl (C=O) groups excluding carboxylic acids is 5. The summed E-state index contributed by atoms with van der Waals surface area (Å²) in [5, 5.41) is 17.6. The Balaban J connectivity index is 1.32. The van der Waals surface area contributed by atoms with Crippen molar-refractivity contribution in [1.29, 1.82) is 5.41 Å². The van der Waals surface area contributed by atoms with E-state index in [0.717, 1.165) is 11.6 Å². The third-order valence-electron chi connectivity index (χ3n) is 11.4. The van der Waals surface area contributed by atoms with E-state index in [1.54, 1.807) is 44.5 Å². The van der Waals surface area contributed by atoms with Crippen LogP contribution in [0.15, 0.2) is 115 Å². The molecule has 344 valence electrons. The number of methoxy groups -OCH3 is 1. The Labute approximate surface area is 383 Å². The van der Waals surface area contributed by atoms with Crippen molar-refractivity contribution < 1.29 is 41.9 Å². The predicted molar refractivity (Wildman–Crippen MR) is 247 cm³/mol. The molecule has 1 aliphatic carbocycles. The minimum Gasteiger partial charge on any atom is -0.497 e. The van der Waals surface area contributed by atoms with Crippen LogP contribution in [0.25, 0.3) is 22.2 Å². The lowest BCUT2D eigenvalue weighted by Crippen LogP contribution is -2.59. The Bertz CT molecular complexity index is 2670. The number of aromatic nitrogens is 1. The molecule has 1 saturated carbocycles. The number of benzene rings is 3. The monoisotopic (exact) mass is 916 g/mol. The highest BCUT2D eigenvalue weighted by Crippen LogP contribution is 2.45. The standard InChI is InChI=1S/C48H52N8O9S/c1-6-24-55(4)44(58)21-15-20-42(49)52-39(29-50-43(57)8-3)46(60)56-30-34(65-41-27-37(31-16-11-9-12-17-31)51-38-25-33(64-5)22-23-36(38)41)26-40(56)45(59)53-48(28-32(48)7-2)47(61)54-66(62,63)35-18-13-10-14-19-35/h1,7-14,16-19,22-23,25,27,32,34,39-40H,2-3,15,20-21,24,26,28-30H2,4-5H3,(H2,49,52)(H,50,57)(H,53,59)(H,54,61)/t32-,34-,39+,40+,48-/m1/s1. The number of terminal acetylenes is 1. The zero-order chi connectivity index (χ0) is 47.6. The van der Waals surface area contributed by atoms with E-state index in [4.69, 9.17) is 26.3 Å². The molecule has 3 aromatic carbocycles. The highest BCUT2D eigenvalue weighted by atomic mass is 32.2. The second-order valence-electron chi connectivity index (χ2n) is 15.9. The van der Waals surface area contributed by atoms with Gasteiger partial charge >= 0.3 is 0 Å². The Morgan fingerprint density at radius 2 is 1.76 bits per heavy atom. The topological polar surface area (TPSA) is 229 Å². The average molecular weight is 917 g/mol. The molecule has 0 radical (unpaired) electrons. The van der Waals surface area contributed by atoms with Gasteiger partial charge in [0.1, 0.15) is 35.2 Å². The first-order chi connectivity index (χ1) is 31.6. The molecular weight excluding hydrogens is 865 g/mol. The Morgan fingerprint density at radius 1 is 1.05 bits per heavy atom. The van der Waals surface area contributed by atoms with Crippen LogP contribution in [0.5, 0.6) is 11.5 Å². The van der Waals surface area contributed by atoms with Crippen molar-refractivity contribution >= 4 is 56.3 Å². The lowest BCUT2D eigenvalue weighted by molar-refractivity contribution is -0.141. The molecule has 0 spiro atoms. The van der Waals surface area contributed by atoms with Crippen LogP contribution in [-0.2, 0) is 34.0 Å². The van der Waals surface area contributed by atoms with Crippen LogP contribution in [0.2, 0.25) is 0 Å². The van der Waals surface area contributed by atoms with Crippen LogP contribution in [0.1, 0.15) is 32.1 Å². The maximum atomic E-state index is 14.8. The normalized spacial score (nSPS) is 19.0. The highest BCUT2D eigenvalue weighted by molar-refractivity contribution is 7.90. The SMILES string of the molecule is C#CCN(C)C(=O)CCCC(=N)N[C@@H](CNC(=O)C=C)C(=O)N1C[C@H](Oc2cc(-c3ccccc3)nc3cc(OC)ccc23)C[C@H]1C(=O)N[C@]1(C(=O)NS(=O)(=O)c2ccccc2)C[C@H]1C=C. The molecular formula is C48H52N8O9S. The minimum atomic E-state index is -4.34. The van der Waals surface area contributed by atoms with Crippen LogP contribution in [-0.4, -0.2) is 116 Å². The van der Waals surface area contributed by atoms with Crippen LogP contribution in [0.3, 0.4) is 0 Å². The summed E-state index contributed by atoms with van der Waals surface area (Å²) in [6.45, 7) is 6.90. The summed E-state index contributed by atoms with van der Waals surface area (Å²) in [4.78, 5) is 75.6. The zero-order valence-electron chi connectivity index (χ0n) is 36.6. The van der Waals surface area contributed by atoms with E-state index >= 15 is 0 Å². The molecule has 5 N–H and O–H groups in total. The zero-order valence-corrected chi connectivity index (χ0v) is 37.4. The average Bonchev–Trinajstić information content (AvgIpc) is 3.88. The van der Waals surface area contributed by atoms with Gasteiger partial charge in [-0.05, 0) is 43.2 Å². The first-order valence-electron chi connectivity index (χ1n) is 21.1. The van der Waals surface area contributed by atoms with E-state index in [0.29, 0.717) is 28.1 Å². The van der Waals surface area contributed by atoms with Gasteiger partial charge in [-0.1, -0.05) is 67.1 Å². The first kappa shape index (κ1) is 47.9. The van der Waals surface area contributed by atoms with Crippen LogP contribution in [0.4, 0.5) is 0 Å². The molecule has 2 aliphatic rings. The van der Waals surface area contributed by atoms with Gasteiger partial charge in [0.05, 0.1) is 42.1 Å². The molecule has 5 amide bonds. The minimum absolute atomic E-state index is 0.0314. The molecule has 2 fully saturated rings. The van der Waals surface area contributed by atoms with E-state index in [-0.39, 0.29) is 68.4 Å². The predicted octanol–water partition coefficient (Wildman–Crippen LogP) is 3.32. The number of amides is 5. The molecule has 5 atom stereocenters. The van der Waals surface area contributed by atoms with Crippen LogP contribution >= 0.6 is 0 Å². The number of ether oxygens (including phenoxy) is 2. The Hall–Kier alpha value is -7.52. The maximum absolute atomic E-state index is 14.8. The lowest BCUT2D eigenvalue weighted by atomic mass is 10.1. The van der Waals surface area contributed by atoms with Gasteiger partial charge in [0.15, 0.2) is 0 Å². The summed E-state index contributed by atoms with van der Waals surface area (Å²) in [5.41, 5.74) is 0.217. The van der Waals surface area contributed by atoms with Crippen molar-refractivity contribution in [2.45, 2.75) is 60.7 Å². The van der Waals surface area contributed by atoms with Crippen LogP contribution < -0.4 is 30.1 Å². The summed E-state index contributed by atoms with van der Waals surface area (Å²) in [5.74, 6) is -0.685. The summed E-state index contributed by atoms with van der Waals surface area (Å²) in [7, 11) is -1.23. The van der Waals surface area contributed by atoms with Crippen molar-refractivity contribution in [3.05, 3.63) is 110 Å². The summed E-state index contributed by atoms with van der Waals surface area (Å²) < 4.78 is 40.8. The van der Waals surface area contributed by atoms with Gasteiger partial charge in [0, 0.05) is 61.9 Å². The van der Waals surface area contributed by atoms with E-state index in [1.807, 2.05) is 30.3 Å². The lowest BCUT2D eigenvalue weighted by Gasteiger charge is -2.30. The maximum Gasteiger partial charge on any atom is 0.264 e. The number of carbonyl (C=O) groups is 5. The number of hydrogen-bond acceptors (Lipinski definition) is 11. The fourth-order valence-corrected chi connectivity index (χ4v) is 8.77. The third-order valence-corrected chi connectivity index (χ3v) is 12.8. The molecule has 1 saturated heterocycles. The molecule has 0 bridgehead atoms. The van der Waals surface area contributed by atoms with Gasteiger partial charge in [-0.2, -0.15) is 0 Å². The van der Waals surface area contributed by atoms with Gasteiger partial charge in [-0.15, -0.1) is 13.0 Å². The molecule has 4 aromatic rings. The molecule has 1 aliphatic heterocycles. The number of amidine groups is 1. The second-order valence-corrected chi connectivity index (χ2v) is 17.6. The number of nitrogens with one attached hydrogen (secondary N) is 5. The molecule has 17 nitrogen and oxygen atoms in total. The number of fused-ring (bicyclic) bond motifs is 1. The highest BCUT2D eigenvalue weighted by Gasteiger charge is 2.61. The second kappa shape index (κ2) is 21.0. The first-order valence-corrected chi connectivity index (χ1v) is 22.6.